The highest BCUT2D eigenvalue weighted by Crippen LogP contribution is 2.21. The van der Waals surface area contributed by atoms with Crippen LogP contribution in [0.1, 0.15) is 33.4 Å². The number of thiazole rings is 1. The lowest BCUT2D eigenvalue weighted by atomic mass is 10.1. The molecule has 4 aromatic rings. The molecular weight excluding hydrogens is 428 g/mol. The third-order valence-electron chi connectivity index (χ3n) is 4.98. The van der Waals surface area contributed by atoms with Crippen molar-refractivity contribution in [1.82, 2.24) is 20.1 Å². The number of fused-ring (bicyclic) bond motifs is 1. The quantitative estimate of drug-likeness (QED) is 0.475. The van der Waals surface area contributed by atoms with Gasteiger partial charge in [0, 0.05) is 23.6 Å². The van der Waals surface area contributed by atoms with E-state index >= 15 is 0 Å². The Bertz CT molecular complexity index is 1340. The number of hydrogen-bond acceptors (Lipinski definition) is 8. The monoisotopic (exact) mass is 448 g/mol. The molecule has 5 rings (SSSR count). The van der Waals surface area contributed by atoms with E-state index in [1.54, 1.807) is 23.5 Å². The molecule has 0 bridgehead atoms. The molecule has 1 N–H and O–H groups in total. The van der Waals surface area contributed by atoms with Gasteiger partial charge in [0.2, 0.25) is 5.82 Å². The molecule has 4 heterocycles. The maximum Gasteiger partial charge on any atom is 0.259 e. The molecule has 0 saturated heterocycles. The van der Waals surface area contributed by atoms with Gasteiger partial charge in [0.15, 0.2) is 0 Å². The van der Waals surface area contributed by atoms with Crippen LogP contribution in [0.3, 0.4) is 0 Å². The fraction of sp³-hybridized carbons (Fsp3) is 0.217. The molecule has 8 nitrogen and oxygen atoms in total. The first kappa shape index (κ1) is 20.3. The Hall–Kier alpha value is -3.56. The van der Waals surface area contributed by atoms with Crippen molar-refractivity contribution in [3.05, 3.63) is 79.5 Å². The van der Waals surface area contributed by atoms with Crippen molar-refractivity contribution in [2.75, 3.05) is 6.61 Å². The lowest BCUT2D eigenvalue weighted by molar-refractivity contribution is 0.109. The summed E-state index contributed by atoms with van der Waals surface area (Å²) in [6.45, 7) is 3.46. The highest BCUT2D eigenvalue weighted by molar-refractivity contribution is 7.09. The van der Waals surface area contributed by atoms with E-state index in [1.165, 1.54) is 0 Å². The SMILES string of the molecule is Cc1nc(COc2cccc(/C=C/c3nc(-c4cc5c([nH]c4=O)CCOC5)no3)c2)cs1. The van der Waals surface area contributed by atoms with Gasteiger partial charge in [0.05, 0.1) is 29.5 Å². The minimum Gasteiger partial charge on any atom is -0.487 e. The summed E-state index contributed by atoms with van der Waals surface area (Å²) in [5.41, 5.74) is 3.81. The summed E-state index contributed by atoms with van der Waals surface area (Å²) >= 11 is 1.60. The Morgan fingerprint density at radius 2 is 2.19 bits per heavy atom. The van der Waals surface area contributed by atoms with E-state index in [2.05, 4.69) is 20.1 Å². The zero-order chi connectivity index (χ0) is 21.9. The van der Waals surface area contributed by atoms with E-state index in [0.29, 0.717) is 37.7 Å². The number of pyridine rings is 1. The van der Waals surface area contributed by atoms with Crippen LogP contribution in [0.4, 0.5) is 0 Å². The molecule has 1 aliphatic heterocycles. The molecule has 9 heteroatoms. The highest BCUT2D eigenvalue weighted by Gasteiger charge is 2.17. The second kappa shape index (κ2) is 8.89. The third kappa shape index (κ3) is 4.53. The van der Waals surface area contributed by atoms with Gasteiger partial charge >= 0.3 is 0 Å². The molecule has 0 fully saturated rings. The molecule has 0 saturated carbocycles. The van der Waals surface area contributed by atoms with Crippen molar-refractivity contribution in [1.29, 1.82) is 0 Å². The number of rotatable bonds is 6. The second-order valence-corrected chi connectivity index (χ2v) is 8.39. The summed E-state index contributed by atoms with van der Waals surface area (Å²) < 4.78 is 16.6. The largest absolute Gasteiger partial charge is 0.487 e. The third-order valence-corrected chi connectivity index (χ3v) is 5.80. The van der Waals surface area contributed by atoms with Crippen LogP contribution >= 0.6 is 11.3 Å². The van der Waals surface area contributed by atoms with Crippen molar-refractivity contribution in [2.24, 2.45) is 0 Å². The smallest absolute Gasteiger partial charge is 0.259 e. The lowest BCUT2D eigenvalue weighted by Gasteiger charge is -2.15. The number of nitrogens with one attached hydrogen (secondary N) is 1. The molecule has 1 aliphatic rings. The zero-order valence-corrected chi connectivity index (χ0v) is 18.1. The molecule has 1 aromatic carbocycles. The molecule has 0 unspecified atom stereocenters. The fourth-order valence-corrected chi connectivity index (χ4v) is 4.00. The van der Waals surface area contributed by atoms with Gasteiger partial charge in [0.1, 0.15) is 12.4 Å². The average molecular weight is 449 g/mol. The maximum atomic E-state index is 12.4. The molecular formula is C23H20N4O4S. The van der Waals surface area contributed by atoms with Crippen molar-refractivity contribution in [3.8, 4) is 17.1 Å². The van der Waals surface area contributed by atoms with Crippen LogP contribution in [-0.2, 0) is 24.4 Å². The fourth-order valence-electron chi connectivity index (χ4n) is 3.41. The number of aromatic nitrogens is 4. The van der Waals surface area contributed by atoms with Gasteiger partial charge in [-0.05, 0) is 42.3 Å². The number of nitrogens with zero attached hydrogens (tertiary/aromatic N) is 3. The molecule has 0 radical (unpaired) electrons. The topological polar surface area (TPSA) is 103 Å². The molecule has 0 amide bonds. The van der Waals surface area contributed by atoms with E-state index in [-0.39, 0.29) is 11.4 Å². The van der Waals surface area contributed by atoms with Crippen LogP contribution < -0.4 is 10.3 Å². The predicted molar refractivity (Wildman–Crippen MR) is 120 cm³/mol. The van der Waals surface area contributed by atoms with Crippen LogP contribution in [0.5, 0.6) is 5.75 Å². The van der Waals surface area contributed by atoms with Crippen molar-refractivity contribution >= 4 is 23.5 Å². The minimum absolute atomic E-state index is 0.234. The summed E-state index contributed by atoms with van der Waals surface area (Å²) in [5, 5.41) is 6.97. The van der Waals surface area contributed by atoms with Gasteiger partial charge in [-0.25, -0.2) is 4.98 Å². The summed E-state index contributed by atoms with van der Waals surface area (Å²) in [5.74, 6) is 1.29. The highest BCUT2D eigenvalue weighted by atomic mass is 32.1. The first-order valence-corrected chi connectivity index (χ1v) is 11.0. The minimum atomic E-state index is -0.234. The van der Waals surface area contributed by atoms with Crippen LogP contribution in [0.25, 0.3) is 23.5 Å². The van der Waals surface area contributed by atoms with Gasteiger partial charge in [-0.3, -0.25) is 4.79 Å². The van der Waals surface area contributed by atoms with Crippen LogP contribution in [-0.4, -0.2) is 26.7 Å². The average Bonchev–Trinajstić information content (AvgIpc) is 3.45. The number of aryl methyl sites for hydroxylation is 1. The predicted octanol–water partition coefficient (Wildman–Crippen LogP) is 4.01. The molecule has 162 valence electrons. The zero-order valence-electron chi connectivity index (χ0n) is 17.3. The molecule has 3 aromatic heterocycles. The number of ether oxygens (including phenoxy) is 2. The van der Waals surface area contributed by atoms with Gasteiger partial charge < -0.3 is 19.0 Å². The van der Waals surface area contributed by atoms with E-state index in [0.717, 1.165) is 33.3 Å². The summed E-state index contributed by atoms with van der Waals surface area (Å²) in [6, 6.07) is 9.45. The summed E-state index contributed by atoms with van der Waals surface area (Å²) in [6.07, 6.45) is 4.24. The van der Waals surface area contributed by atoms with Crippen molar-refractivity contribution < 1.29 is 14.0 Å². The standard InChI is InChI=1S/C23H20N4O4S/c1-14-24-17(13-32-14)12-30-18-4-2-3-15(9-18)5-6-21-26-22(27-31-21)19-10-16-11-29-8-7-20(16)25-23(19)28/h2-6,9-10,13H,7-8,11-12H2,1H3,(H,25,28)/b6-5+. The number of hydrogen-bond donors (Lipinski definition) is 1. The van der Waals surface area contributed by atoms with Crippen molar-refractivity contribution in [2.45, 2.75) is 26.6 Å². The van der Waals surface area contributed by atoms with E-state index in [9.17, 15) is 4.79 Å². The summed E-state index contributed by atoms with van der Waals surface area (Å²) in [7, 11) is 0. The first-order chi connectivity index (χ1) is 15.6. The van der Waals surface area contributed by atoms with Crippen LogP contribution in [0, 0.1) is 6.92 Å². The molecule has 0 aliphatic carbocycles. The number of benzene rings is 1. The summed E-state index contributed by atoms with van der Waals surface area (Å²) in [4.78, 5) is 24.1. The van der Waals surface area contributed by atoms with E-state index in [1.807, 2.05) is 42.6 Å². The van der Waals surface area contributed by atoms with Gasteiger partial charge in [-0.1, -0.05) is 17.3 Å². The Labute approximate surface area is 187 Å². The number of H-pyrrole nitrogens is 1. The Balaban J connectivity index is 1.29. The lowest BCUT2D eigenvalue weighted by Crippen LogP contribution is -2.19. The first-order valence-electron chi connectivity index (χ1n) is 10.1. The molecule has 32 heavy (non-hydrogen) atoms. The Morgan fingerprint density at radius 3 is 3.06 bits per heavy atom. The number of aromatic amines is 1. The van der Waals surface area contributed by atoms with Gasteiger partial charge in [-0.15, -0.1) is 11.3 Å². The normalized spacial score (nSPS) is 13.4. The van der Waals surface area contributed by atoms with E-state index in [4.69, 9.17) is 14.0 Å². The second-order valence-electron chi connectivity index (χ2n) is 7.33. The van der Waals surface area contributed by atoms with Gasteiger partial charge in [0.25, 0.3) is 11.4 Å². The maximum absolute atomic E-state index is 12.4. The van der Waals surface area contributed by atoms with Crippen LogP contribution in [0.15, 0.2) is 45.0 Å². The molecule has 0 spiro atoms. The van der Waals surface area contributed by atoms with E-state index < -0.39 is 0 Å². The Morgan fingerprint density at radius 1 is 1.25 bits per heavy atom. The van der Waals surface area contributed by atoms with Gasteiger partial charge in [-0.2, -0.15) is 4.98 Å². The van der Waals surface area contributed by atoms with Crippen LogP contribution in [0.2, 0.25) is 0 Å². The molecule has 0 atom stereocenters. The Kier molecular flexibility index (Phi) is 5.66. The van der Waals surface area contributed by atoms with Crippen molar-refractivity contribution in [3.63, 3.8) is 0 Å².